The first kappa shape index (κ1) is 14.9. The molecule has 2 rings (SSSR count). The van der Waals surface area contributed by atoms with Crippen LogP contribution in [0, 0.1) is 0 Å². The molecule has 3 N–H and O–H groups in total. The van der Waals surface area contributed by atoms with Crippen LogP contribution in [-0.2, 0) is 11.2 Å². The standard InChI is InChI=1S/C15H19N3O3/c1-3-16-15(20)21-12-4-5-14-13(8-12)11(9-18-14)6-7-17-10(2)19/h4-5,8-9,18H,3,6-7H2,1-2H3,(H,16,20)(H,17,19). The van der Waals surface area contributed by atoms with Crippen LogP contribution in [0.5, 0.6) is 5.75 Å². The highest BCUT2D eigenvalue weighted by molar-refractivity contribution is 5.85. The van der Waals surface area contributed by atoms with Gasteiger partial charge in [-0.3, -0.25) is 4.79 Å². The van der Waals surface area contributed by atoms with Crippen molar-refractivity contribution in [2.75, 3.05) is 13.1 Å². The van der Waals surface area contributed by atoms with Gasteiger partial charge in [0, 0.05) is 37.1 Å². The predicted molar refractivity (Wildman–Crippen MR) is 80.4 cm³/mol. The van der Waals surface area contributed by atoms with Gasteiger partial charge < -0.3 is 20.4 Å². The van der Waals surface area contributed by atoms with Gasteiger partial charge >= 0.3 is 6.09 Å². The highest BCUT2D eigenvalue weighted by atomic mass is 16.6. The highest BCUT2D eigenvalue weighted by Crippen LogP contribution is 2.24. The molecule has 6 nitrogen and oxygen atoms in total. The van der Waals surface area contributed by atoms with E-state index >= 15 is 0 Å². The average Bonchev–Trinajstić information content (AvgIpc) is 2.81. The molecule has 0 aliphatic carbocycles. The van der Waals surface area contributed by atoms with Gasteiger partial charge in [-0.25, -0.2) is 4.79 Å². The van der Waals surface area contributed by atoms with Gasteiger partial charge in [0.2, 0.25) is 5.91 Å². The van der Waals surface area contributed by atoms with E-state index in [0.717, 1.165) is 16.5 Å². The molecule has 0 radical (unpaired) electrons. The minimum atomic E-state index is -0.466. The number of nitrogens with one attached hydrogen (secondary N) is 3. The maximum atomic E-state index is 11.4. The minimum Gasteiger partial charge on any atom is -0.410 e. The summed E-state index contributed by atoms with van der Waals surface area (Å²) in [5, 5.41) is 6.33. The zero-order valence-corrected chi connectivity index (χ0v) is 12.2. The predicted octanol–water partition coefficient (Wildman–Crippen LogP) is 1.95. The van der Waals surface area contributed by atoms with Crippen LogP contribution < -0.4 is 15.4 Å². The molecule has 0 aliphatic rings. The van der Waals surface area contributed by atoms with Gasteiger partial charge in [-0.05, 0) is 37.1 Å². The number of aromatic amines is 1. The Kier molecular flexibility index (Phi) is 4.81. The fraction of sp³-hybridized carbons (Fsp3) is 0.333. The van der Waals surface area contributed by atoms with E-state index in [2.05, 4.69) is 15.6 Å². The smallest absolute Gasteiger partial charge is 0.410 e. The Balaban J connectivity index is 2.12. The molecule has 0 spiro atoms. The third-order valence-corrected chi connectivity index (χ3v) is 3.04. The van der Waals surface area contributed by atoms with Crippen molar-refractivity contribution >= 4 is 22.9 Å². The number of aromatic nitrogens is 1. The topological polar surface area (TPSA) is 83.2 Å². The van der Waals surface area contributed by atoms with Crippen LogP contribution in [0.15, 0.2) is 24.4 Å². The van der Waals surface area contributed by atoms with Crippen molar-refractivity contribution in [2.45, 2.75) is 20.3 Å². The summed E-state index contributed by atoms with van der Waals surface area (Å²) in [7, 11) is 0. The maximum absolute atomic E-state index is 11.4. The minimum absolute atomic E-state index is 0.0462. The number of ether oxygens (including phenoxy) is 1. The number of benzene rings is 1. The summed E-state index contributed by atoms with van der Waals surface area (Å²) in [5.41, 5.74) is 2.04. The molecule has 2 aromatic rings. The monoisotopic (exact) mass is 289 g/mol. The zero-order chi connectivity index (χ0) is 15.2. The first-order chi connectivity index (χ1) is 10.1. The molecule has 1 aromatic carbocycles. The molecule has 1 heterocycles. The molecule has 0 atom stereocenters. The lowest BCUT2D eigenvalue weighted by atomic mass is 10.1. The third kappa shape index (κ3) is 3.98. The van der Waals surface area contributed by atoms with Gasteiger partial charge in [0.25, 0.3) is 0 Å². The van der Waals surface area contributed by atoms with Gasteiger partial charge in [0.1, 0.15) is 5.75 Å². The van der Waals surface area contributed by atoms with Crippen LogP contribution in [-0.4, -0.2) is 30.1 Å². The second kappa shape index (κ2) is 6.78. The van der Waals surface area contributed by atoms with Gasteiger partial charge in [-0.15, -0.1) is 0 Å². The summed E-state index contributed by atoms with van der Waals surface area (Å²) in [6.45, 7) is 4.42. The molecule has 0 saturated heterocycles. The lowest BCUT2D eigenvalue weighted by molar-refractivity contribution is -0.118. The molecule has 21 heavy (non-hydrogen) atoms. The second-order valence-electron chi connectivity index (χ2n) is 4.67. The fourth-order valence-electron chi connectivity index (χ4n) is 2.09. The number of carbonyl (C=O) groups is 2. The molecular formula is C15H19N3O3. The lowest BCUT2D eigenvalue weighted by Gasteiger charge is -2.06. The number of amides is 2. The zero-order valence-electron chi connectivity index (χ0n) is 12.2. The average molecular weight is 289 g/mol. The Morgan fingerprint density at radius 1 is 1.29 bits per heavy atom. The van der Waals surface area contributed by atoms with Crippen molar-refractivity contribution in [3.63, 3.8) is 0 Å². The Morgan fingerprint density at radius 2 is 2.10 bits per heavy atom. The number of carbonyl (C=O) groups excluding carboxylic acids is 2. The van der Waals surface area contributed by atoms with Crippen LogP contribution in [0.3, 0.4) is 0 Å². The number of hydrogen-bond acceptors (Lipinski definition) is 3. The van der Waals surface area contributed by atoms with Crippen molar-refractivity contribution in [3.8, 4) is 5.75 Å². The van der Waals surface area contributed by atoms with Crippen LogP contribution in [0.2, 0.25) is 0 Å². The lowest BCUT2D eigenvalue weighted by Crippen LogP contribution is -2.26. The first-order valence-electron chi connectivity index (χ1n) is 6.90. The highest BCUT2D eigenvalue weighted by Gasteiger charge is 2.08. The molecule has 0 unspecified atom stereocenters. The van der Waals surface area contributed by atoms with Gasteiger partial charge in [0.05, 0.1) is 0 Å². The summed E-state index contributed by atoms with van der Waals surface area (Å²) in [5.74, 6) is 0.448. The van der Waals surface area contributed by atoms with Crippen LogP contribution in [0.4, 0.5) is 4.79 Å². The number of hydrogen-bond donors (Lipinski definition) is 3. The van der Waals surface area contributed by atoms with E-state index in [4.69, 9.17) is 4.74 Å². The normalized spacial score (nSPS) is 10.4. The van der Waals surface area contributed by atoms with Gasteiger partial charge in [0.15, 0.2) is 0 Å². The van der Waals surface area contributed by atoms with E-state index in [1.54, 1.807) is 6.07 Å². The molecule has 2 amide bonds. The van der Waals surface area contributed by atoms with E-state index in [1.807, 2.05) is 25.3 Å². The quantitative estimate of drug-likeness (QED) is 0.786. The van der Waals surface area contributed by atoms with Crippen molar-refractivity contribution < 1.29 is 14.3 Å². The fourth-order valence-corrected chi connectivity index (χ4v) is 2.09. The Labute approximate surface area is 122 Å². The Bertz CT molecular complexity index is 649. The van der Waals surface area contributed by atoms with Crippen LogP contribution in [0.1, 0.15) is 19.4 Å². The molecule has 112 valence electrons. The summed E-state index contributed by atoms with van der Waals surface area (Å²) < 4.78 is 5.20. The van der Waals surface area contributed by atoms with E-state index in [1.165, 1.54) is 6.92 Å². The summed E-state index contributed by atoms with van der Waals surface area (Å²) in [4.78, 5) is 25.5. The first-order valence-corrected chi connectivity index (χ1v) is 6.90. The Morgan fingerprint density at radius 3 is 2.81 bits per heavy atom. The molecule has 6 heteroatoms. The second-order valence-corrected chi connectivity index (χ2v) is 4.67. The molecular weight excluding hydrogens is 270 g/mol. The third-order valence-electron chi connectivity index (χ3n) is 3.04. The number of fused-ring (bicyclic) bond motifs is 1. The van der Waals surface area contributed by atoms with Crippen molar-refractivity contribution in [1.29, 1.82) is 0 Å². The van der Waals surface area contributed by atoms with Gasteiger partial charge in [-0.1, -0.05) is 0 Å². The Hall–Kier alpha value is -2.50. The van der Waals surface area contributed by atoms with Crippen molar-refractivity contribution in [2.24, 2.45) is 0 Å². The van der Waals surface area contributed by atoms with Crippen molar-refractivity contribution in [1.82, 2.24) is 15.6 Å². The molecule has 0 fully saturated rings. The van der Waals surface area contributed by atoms with E-state index in [9.17, 15) is 9.59 Å². The van der Waals surface area contributed by atoms with Crippen LogP contribution >= 0.6 is 0 Å². The number of rotatable bonds is 5. The SMILES string of the molecule is CCNC(=O)Oc1ccc2[nH]cc(CCNC(C)=O)c2c1. The molecule has 1 aromatic heterocycles. The molecule has 0 bridgehead atoms. The number of H-pyrrole nitrogens is 1. The van der Waals surface area contributed by atoms with Gasteiger partial charge in [-0.2, -0.15) is 0 Å². The molecule has 0 aliphatic heterocycles. The summed E-state index contributed by atoms with van der Waals surface area (Å²) in [6.07, 6.45) is 2.15. The van der Waals surface area contributed by atoms with E-state index < -0.39 is 6.09 Å². The summed E-state index contributed by atoms with van der Waals surface area (Å²) >= 11 is 0. The molecule has 0 saturated carbocycles. The van der Waals surface area contributed by atoms with Crippen LogP contribution in [0.25, 0.3) is 10.9 Å². The van der Waals surface area contributed by atoms with E-state index in [-0.39, 0.29) is 5.91 Å². The van der Waals surface area contributed by atoms with E-state index in [0.29, 0.717) is 25.3 Å². The summed E-state index contributed by atoms with van der Waals surface area (Å²) in [6, 6.07) is 5.43. The maximum Gasteiger partial charge on any atom is 0.412 e. The van der Waals surface area contributed by atoms with Crippen molar-refractivity contribution in [3.05, 3.63) is 30.0 Å². The largest absolute Gasteiger partial charge is 0.412 e.